The molecule has 3 N–H and O–H groups in total. The number of methoxy groups -OCH3 is 1. The number of anilines is 1. The molecule has 1 aromatic rings. The molecule has 1 aromatic carbocycles. The van der Waals surface area contributed by atoms with Crippen LogP contribution in [0, 0.1) is 11.8 Å². The van der Waals surface area contributed by atoms with E-state index in [1.165, 1.54) is 31.7 Å². The van der Waals surface area contributed by atoms with Gasteiger partial charge >= 0.3 is 0 Å². The average molecular weight is 312 g/mol. The Morgan fingerprint density at radius 3 is 2.76 bits per heavy atom. The molecule has 2 rings (SSSR count). The zero-order chi connectivity index (χ0) is 15.5. The van der Waals surface area contributed by atoms with Gasteiger partial charge in [-0.25, -0.2) is 13.6 Å². The SMILES string of the molecule is COc1ccc(S(N)(=O)=O)cc1NCC1CCCC(C)C1. The number of hydrogen-bond donors (Lipinski definition) is 2. The fourth-order valence-electron chi connectivity index (χ4n) is 3.00. The van der Waals surface area contributed by atoms with E-state index in [2.05, 4.69) is 12.2 Å². The molecule has 0 radical (unpaired) electrons. The normalized spacial score (nSPS) is 22.8. The number of ether oxygens (including phenoxy) is 1. The predicted molar refractivity (Wildman–Crippen MR) is 84.0 cm³/mol. The number of nitrogens with two attached hydrogens (primary N) is 1. The van der Waals surface area contributed by atoms with Crippen molar-refractivity contribution in [1.29, 1.82) is 0 Å². The van der Waals surface area contributed by atoms with Crippen LogP contribution in [0.2, 0.25) is 0 Å². The number of rotatable bonds is 5. The van der Waals surface area contributed by atoms with Gasteiger partial charge in [0.2, 0.25) is 10.0 Å². The first kappa shape index (κ1) is 16.1. The summed E-state index contributed by atoms with van der Waals surface area (Å²) in [4.78, 5) is 0.0998. The summed E-state index contributed by atoms with van der Waals surface area (Å²) in [5.41, 5.74) is 0.683. The van der Waals surface area contributed by atoms with E-state index in [0.29, 0.717) is 17.4 Å². The highest BCUT2D eigenvalue weighted by atomic mass is 32.2. The molecule has 5 nitrogen and oxygen atoms in total. The molecule has 6 heteroatoms. The largest absolute Gasteiger partial charge is 0.495 e. The standard InChI is InChI=1S/C15H24N2O3S/c1-11-4-3-5-12(8-11)10-17-14-9-13(21(16,18)19)6-7-15(14)20-2/h6-7,9,11-12,17H,3-5,8,10H2,1-2H3,(H2,16,18,19). The second kappa shape index (κ2) is 6.66. The molecule has 21 heavy (non-hydrogen) atoms. The summed E-state index contributed by atoms with van der Waals surface area (Å²) in [5, 5.41) is 8.50. The lowest BCUT2D eigenvalue weighted by atomic mass is 9.82. The van der Waals surface area contributed by atoms with Gasteiger partial charge in [-0.2, -0.15) is 0 Å². The maximum Gasteiger partial charge on any atom is 0.238 e. The van der Waals surface area contributed by atoms with Crippen LogP contribution >= 0.6 is 0 Å². The molecule has 2 unspecified atom stereocenters. The van der Waals surface area contributed by atoms with E-state index in [1.54, 1.807) is 19.2 Å². The van der Waals surface area contributed by atoms with E-state index in [-0.39, 0.29) is 4.90 Å². The molecule has 0 amide bonds. The maximum atomic E-state index is 11.4. The minimum Gasteiger partial charge on any atom is -0.495 e. The fourth-order valence-corrected chi connectivity index (χ4v) is 3.54. The summed E-state index contributed by atoms with van der Waals surface area (Å²) < 4.78 is 28.2. The number of sulfonamides is 1. The third-order valence-corrected chi connectivity index (χ3v) is 5.04. The number of benzene rings is 1. The van der Waals surface area contributed by atoms with E-state index >= 15 is 0 Å². The van der Waals surface area contributed by atoms with Gasteiger partial charge in [0.1, 0.15) is 5.75 Å². The van der Waals surface area contributed by atoms with Crippen LogP contribution in [0.5, 0.6) is 5.75 Å². The van der Waals surface area contributed by atoms with Gasteiger partial charge in [0.05, 0.1) is 17.7 Å². The minimum absolute atomic E-state index is 0.0998. The average Bonchev–Trinajstić information content (AvgIpc) is 2.44. The van der Waals surface area contributed by atoms with E-state index in [0.717, 1.165) is 12.5 Å². The van der Waals surface area contributed by atoms with Crippen LogP contribution < -0.4 is 15.2 Å². The van der Waals surface area contributed by atoms with Crippen LogP contribution in [-0.2, 0) is 10.0 Å². The Morgan fingerprint density at radius 1 is 1.38 bits per heavy atom. The molecule has 1 aliphatic rings. The molecule has 118 valence electrons. The van der Waals surface area contributed by atoms with Gasteiger partial charge in [-0.1, -0.05) is 19.8 Å². The first-order chi connectivity index (χ1) is 9.90. The van der Waals surface area contributed by atoms with Crippen molar-refractivity contribution in [1.82, 2.24) is 0 Å². The molecule has 1 aliphatic carbocycles. The van der Waals surface area contributed by atoms with Crippen LogP contribution in [-0.4, -0.2) is 22.1 Å². The van der Waals surface area contributed by atoms with Crippen molar-refractivity contribution in [2.75, 3.05) is 19.0 Å². The summed E-state index contributed by atoms with van der Waals surface area (Å²) in [6.07, 6.45) is 5.00. The van der Waals surface area contributed by atoms with Gasteiger partial charge in [0.15, 0.2) is 0 Å². The topological polar surface area (TPSA) is 81.4 Å². The maximum absolute atomic E-state index is 11.4. The first-order valence-corrected chi connectivity index (χ1v) is 8.89. The highest BCUT2D eigenvalue weighted by Crippen LogP contribution is 2.31. The Bertz CT molecular complexity index is 587. The zero-order valence-corrected chi connectivity index (χ0v) is 13.4. The molecule has 0 saturated heterocycles. The van der Waals surface area contributed by atoms with Gasteiger partial charge in [-0.15, -0.1) is 0 Å². The van der Waals surface area contributed by atoms with Gasteiger partial charge in [0.25, 0.3) is 0 Å². The van der Waals surface area contributed by atoms with Crippen molar-refractivity contribution in [3.63, 3.8) is 0 Å². The minimum atomic E-state index is -3.70. The number of hydrogen-bond acceptors (Lipinski definition) is 4. The van der Waals surface area contributed by atoms with Gasteiger partial charge in [-0.3, -0.25) is 0 Å². The third-order valence-electron chi connectivity index (χ3n) is 4.13. The highest BCUT2D eigenvalue weighted by molar-refractivity contribution is 7.89. The monoisotopic (exact) mass is 312 g/mol. The lowest BCUT2D eigenvalue weighted by Gasteiger charge is -2.27. The van der Waals surface area contributed by atoms with Crippen molar-refractivity contribution in [3.8, 4) is 5.75 Å². The number of primary sulfonamides is 1. The molecule has 1 saturated carbocycles. The van der Waals surface area contributed by atoms with Gasteiger partial charge < -0.3 is 10.1 Å². The van der Waals surface area contributed by atoms with Crippen LogP contribution in [0.15, 0.2) is 23.1 Å². The van der Waals surface area contributed by atoms with E-state index in [4.69, 9.17) is 9.88 Å². The first-order valence-electron chi connectivity index (χ1n) is 7.35. The Kier molecular flexibility index (Phi) is 5.11. The Balaban J connectivity index is 2.10. The lowest BCUT2D eigenvalue weighted by Crippen LogP contribution is -2.21. The predicted octanol–water partition coefficient (Wildman–Crippen LogP) is 2.58. The van der Waals surface area contributed by atoms with Gasteiger partial charge in [0, 0.05) is 6.54 Å². The van der Waals surface area contributed by atoms with Crippen molar-refractivity contribution in [2.24, 2.45) is 17.0 Å². The molecule has 0 spiro atoms. The molecule has 0 aromatic heterocycles. The second-order valence-electron chi connectivity index (χ2n) is 5.93. The summed E-state index contributed by atoms with van der Waals surface area (Å²) >= 11 is 0. The Morgan fingerprint density at radius 2 is 2.14 bits per heavy atom. The Hall–Kier alpha value is -1.27. The fraction of sp³-hybridized carbons (Fsp3) is 0.600. The molecular weight excluding hydrogens is 288 g/mol. The highest BCUT2D eigenvalue weighted by Gasteiger charge is 2.19. The molecule has 2 atom stereocenters. The molecule has 1 fully saturated rings. The van der Waals surface area contributed by atoms with Crippen LogP contribution in [0.3, 0.4) is 0 Å². The summed E-state index contributed by atoms with van der Waals surface area (Å²) in [6.45, 7) is 3.11. The molecule has 0 bridgehead atoms. The van der Waals surface area contributed by atoms with Crippen molar-refractivity contribution in [2.45, 2.75) is 37.5 Å². The summed E-state index contributed by atoms with van der Waals surface area (Å²) in [7, 11) is -2.13. The second-order valence-corrected chi connectivity index (χ2v) is 7.49. The molecule has 0 aliphatic heterocycles. The van der Waals surface area contributed by atoms with Gasteiger partial charge in [-0.05, 0) is 42.9 Å². The quantitative estimate of drug-likeness (QED) is 0.875. The van der Waals surface area contributed by atoms with Crippen molar-refractivity contribution >= 4 is 15.7 Å². The smallest absolute Gasteiger partial charge is 0.238 e. The van der Waals surface area contributed by atoms with E-state index in [9.17, 15) is 8.42 Å². The van der Waals surface area contributed by atoms with Crippen molar-refractivity contribution in [3.05, 3.63) is 18.2 Å². The lowest BCUT2D eigenvalue weighted by molar-refractivity contribution is 0.293. The van der Waals surface area contributed by atoms with E-state index in [1.807, 2.05) is 0 Å². The van der Waals surface area contributed by atoms with Crippen LogP contribution in [0.4, 0.5) is 5.69 Å². The third kappa shape index (κ3) is 4.35. The molecule has 0 heterocycles. The summed E-state index contributed by atoms with van der Waals surface area (Å²) in [6, 6.07) is 4.63. The Labute approximate surface area is 126 Å². The summed E-state index contributed by atoms with van der Waals surface area (Å²) in [5.74, 6) is 2.02. The molecular formula is C15H24N2O3S. The van der Waals surface area contributed by atoms with E-state index < -0.39 is 10.0 Å². The zero-order valence-electron chi connectivity index (χ0n) is 12.6. The van der Waals surface area contributed by atoms with Crippen molar-refractivity contribution < 1.29 is 13.2 Å². The number of nitrogens with one attached hydrogen (secondary N) is 1. The van der Waals surface area contributed by atoms with Crippen LogP contribution in [0.25, 0.3) is 0 Å². The van der Waals surface area contributed by atoms with Crippen LogP contribution in [0.1, 0.15) is 32.6 Å².